The topological polar surface area (TPSA) is 46.5 Å². The molecular formula is C13H24O3Si. The molecule has 0 aromatic carbocycles. The summed E-state index contributed by atoms with van der Waals surface area (Å²) in [6.45, 7) is 11.8. The van der Waals surface area contributed by atoms with E-state index in [0.717, 1.165) is 12.8 Å². The monoisotopic (exact) mass is 256 g/mol. The van der Waals surface area contributed by atoms with Crippen molar-refractivity contribution < 1.29 is 14.3 Å². The van der Waals surface area contributed by atoms with E-state index < -0.39 is 14.3 Å². The van der Waals surface area contributed by atoms with Crippen molar-refractivity contribution in [2.24, 2.45) is 5.41 Å². The highest BCUT2D eigenvalue weighted by atomic mass is 28.4. The van der Waals surface area contributed by atoms with Crippen LogP contribution < -0.4 is 0 Å². The van der Waals surface area contributed by atoms with Gasteiger partial charge in [-0.25, -0.2) is 4.79 Å². The molecule has 1 fully saturated rings. The second-order valence-corrected chi connectivity index (χ2v) is 11.4. The lowest BCUT2D eigenvalue weighted by Gasteiger charge is -2.37. The minimum Gasteiger partial charge on any atom is -0.478 e. The number of hydrogen-bond acceptors (Lipinski definition) is 2. The summed E-state index contributed by atoms with van der Waals surface area (Å²) in [5, 5.41) is 8.85. The van der Waals surface area contributed by atoms with E-state index in [1.807, 2.05) is 6.08 Å². The third-order valence-corrected chi connectivity index (χ3v) is 8.48. The van der Waals surface area contributed by atoms with E-state index in [1.54, 1.807) is 0 Å². The number of carbonyl (C=O) groups is 1. The van der Waals surface area contributed by atoms with Gasteiger partial charge in [-0.15, -0.1) is 0 Å². The summed E-state index contributed by atoms with van der Waals surface area (Å²) in [6.07, 6.45) is 5.15. The number of carboxylic acids is 1. The van der Waals surface area contributed by atoms with Crippen molar-refractivity contribution in [1.29, 1.82) is 0 Å². The normalized spacial score (nSPS) is 19.6. The van der Waals surface area contributed by atoms with Crippen molar-refractivity contribution in [2.75, 3.05) is 6.61 Å². The molecule has 0 aromatic rings. The largest absolute Gasteiger partial charge is 0.478 e. The van der Waals surface area contributed by atoms with Gasteiger partial charge in [0.1, 0.15) is 0 Å². The second-order valence-electron chi connectivity index (χ2n) is 6.58. The molecule has 1 rings (SSSR count). The summed E-state index contributed by atoms with van der Waals surface area (Å²) < 4.78 is 6.15. The first-order valence-electron chi connectivity index (χ1n) is 6.14. The number of carboxylic acid groups (broad SMARTS) is 1. The van der Waals surface area contributed by atoms with Gasteiger partial charge in [-0.1, -0.05) is 26.8 Å². The van der Waals surface area contributed by atoms with Gasteiger partial charge in [-0.3, -0.25) is 0 Å². The zero-order valence-electron chi connectivity index (χ0n) is 11.5. The van der Waals surface area contributed by atoms with Gasteiger partial charge in [0.15, 0.2) is 8.32 Å². The Bertz CT molecular complexity index is 322. The fourth-order valence-electron chi connectivity index (χ4n) is 1.31. The summed E-state index contributed by atoms with van der Waals surface area (Å²) in [6, 6.07) is 0. The average Bonchev–Trinajstić information content (AvgIpc) is 2.91. The van der Waals surface area contributed by atoms with Gasteiger partial charge in [-0.2, -0.15) is 0 Å². The Hall–Kier alpha value is -0.613. The van der Waals surface area contributed by atoms with E-state index in [0.29, 0.717) is 6.61 Å². The number of aliphatic carboxylic acids is 1. The maximum Gasteiger partial charge on any atom is 0.327 e. The minimum absolute atomic E-state index is 0.00785. The third-order valence-electron chi connectivity index (χ3n) is 4.00. The SMILES string of the molecule is CC(C)(C)[Si](C)(C)OCC1(/C=C/C(=O)O)CC1. The van der Waals surface area contributed by atoms with Crippen LogP contribution in [-0.4, -0.2) is 26.0 Å². The number of rotatable bonds is 5. The van der Waals surface area contributed by atoms with Gasteiger partial charge in [0.25, 0.3) is 0 Å². The Kier molecular flexibility index (Phi) is 3.89. The Labute approximate surface area is 105 Å². The van der Waals surface area contributed by atoms with E-state index in [2.05, 4.69) is 33.9 Å². The van der Waals surface area contributed by atoms with Crippen LogP contribution in [0.25, 0.3) is 0 Å². The molecule has 0 unspecified atom stereocenters. The second kappa shape index (κ2) is 4.57. The maximum absolute atomic E-state index is 10.5. The molecule has 1 saturated carbocycles. The third kappa shape index (κ3) is 3.96. The molecule has 0 spiro atoms. The Morgan fingerprint density at radius 1 is 1.41 bits per heavy atom. The van der Waals surface area contributed by atoms with Crippen LogP contribution in [0.2, 0.25) is 18.1 Å². The first kappa shape index (κ1) is 14.4. The standard InChI is InChI=1S/C13H24O3Si/c1-12(2,3)17(4,5)16-10-13(8-9-13)7-6-11(14)15/h6-7H,8-10H2,1-5H3,(H,14,15)/b7-6+. The highest BCUT2D eigenvalue weighted by Crippen LogP contribution is 2.49. The summed E-state index contributed by atoms with van der Waals surface area (Å²) in [5.41, 5.74) is 0.00785. The van der Waals surface area contributed by atoms with Crippen LogP contribution in [0.1, 0.15) is 33.6 Å². The fourth-order valence-corrected chi connectivity index (χ4v) is 2.39. The van der Waals surface area contributed by atoms with E-state index in [9.17, 15) is 4.79 Å². The van der Waals surface area contributed by atoms with E-state index >= 15 is 0 Å². The molecule has 4 heteroatoms. The van der Waals surface area contributed by atoms with Crippen molar-refractivity contribution in [3.63, 3.8) is 0 Å². The molecule has 0 atom stereocenters. The van der Waals surface area contributed by atoms with Crippen molar-refractivity contribution in [2.45, 2.75) is 51.7 Å². The molecular weight excluding hydrogens is 232 g/mol. The fraction of sp³-hybridized carbons (Fsp3) is 0.769. The predicted molar refractivity (Wildman–Crippen MR) is 71.6 cm³/mol. The van der Waals surface area contributed by atoms with Gasteiger partial charge in [0, 0.05) is 18.1 Å². The molecule has 1 N–H and O–H groups in total. The van der Waals surface area contributed by atoms with Gasteiger partial charge in [0.05, 0.1) is 0 Å². The van der Waals surface area contributed by atoms with Crippen LogP contribution in [0.15, 0.2) is 12.2 Å². The quantitative estimate of drug-likeness (QED) is 0.605. The molecule has 0 bridgehead atoms. The van der Waals surface area contributed by atoms with Crippen LogP contribution in [0.5, 0.6) is 0 Å². The Morgan fingerprint density at radius 2 is 1.94 bits per heavy atom. The van der Waals surface area contributed by atoms with Gasteiger partial charge >= 0.3 is 5.97 Å². The van der Waals surface area contributed by atoms with Crippen LogP contribution >= 0.6 is 0 Å². The van der Waals surface area contributed by atoms with Gasteiger partial charge in [0.2, 0.25) is 0 Å². The lowest BCUT2D eigenvalue weighted by Crippen LogP contribution is -2.42. The maximum atomic E-state index is 10.5. The summed E-state index contributed by atoms with van der Waals surface area (Å²) in [4.78, 5) is 10.5. The smallest absolute Gasteiger partial charge is 0.327 e. The van der Waals surface area contributed by atoms with Gasteiger partial charge < -0.3 is 9.53 Å². The zero-order chi connectivity index (χ0) is 13.3. The molecule has 1 aliphatic rings. The molecule has 0 aromatic heterocycles. The van der Waals surface area contributed by atoms with E-state index in [1.165, 1.54) is 6.08 Å². The summed E-state index contributed by atoms with van der Waals surface area (Å²) >= 11 is 0. The highest BCUT2D eigenvalue weighted by molar-refractivity contribution is 6.74. The van der Waals surface area contributed by atoms with Crippen LogP contribution in [-0.2, 0) is 9.22 Å². The van der Waals surface area contributed by atoms with Crippen molar-refractivity contribution in [1.82, 2.24) is 0 Å². The molecule has 0 radical (unpaired) electrons. The molecule has 0 saturated heterocycles. The lowest BCUT2D eigenvalue weighted by molar-refractivity contribution is -0.131. The van der Waals surface area contributed by atoms with Gasteiger partial charge in [-0.05, 0) is 31.0 Å². The van der Waals surface area contributed by atoms with Crippen LogP contribution in [0, 0.1) is 5.41 Å². The first-order chi connectivity index (χ1) is 7.58. The lowest BCUT2D eigenvalue weighted by atomic mass is 10.1. The van der Waals surface area contributed by atoms with Crippen molar-refractivity contribution >= 4 is 14.3 Å². The Morgan fingerprint density at radius 3 is 2.29 bits per heavy atom. The summed E-state index contributed by atoms with van der Waals surface area (Å²) in [7, 11) is -1.71. The first-order valence-corrected chi connectivity index (χ1v) is 9.05. The van der Waals surface area contributed by atoms with Crippen LogP contribution in [0.3, 0.4) is 0 Å². The summed E-state index contributed by atoms with van der Waals surface area (Å²) in [5.74, 6) is -0.872. The van der Waals surface area contributed by atoms with Crippen molar-refractivity contribution in [3.8, 4) is 0 Å². The molecule has 0 aliphatic heterocycles. The number of hydrogen-bond donors (Lipinski definition) is 1. The van der Waals surface area contributed by atoms with Crippen LogP contribution in [0.4, 0.5) is 0 Å². The van der Waals surface area contributed by atoms with E-state index in [-0.39, 0.29) is 10.5 Å². The minimum atomic E-state index is -1.71. The average molecular weight is 256 g/mol. The molecule has 3 nitrogen and oxygen atoms in total. The molecule has 0 heterocycles. The molecule has 1 aliphatic carbocycles. The highest BCUT2D eigenvalue weighted by Gasteiger charge is 2.44. The molecule has 98 valence electrons. The Balaban J connectivity index is 2.54. The van der Waals surface area contributed by atoms with Crippen molar-refractivity contribution in [3.05, 3.63) is 12.2 Å². The van der Waals surface area contributed by atoms with E-state index in [4.69, 9.17) is 9.53 Å². The predicted octanol–water partition coefficient (Wildman–Crippen LogP) is 3.43. The molecule has 17 heavy (non-hydrogen) atoms. The molecule has 0 amide bonds. The zero-order valence-corrected chi connectivity index (χ0v) is 12.5.